The number of hydrogen-bond acceptors (Lipinski definition) is 5. The molecule has 0 radical (unpaired) electrons. The molecule has 0 aliphatic heterocycles. The lowest BCUT2D eigenvalue weighted by Gasteiger charge is -1.91. The van der Waals surface area contributed by atoms with Crippen LogP contribution in [0.25, 0.3) is 11.2 Å². The van der Waals surface area contributed by atoms with Crippen molar-refractivity contribution in [1.82, 2.24) is 19.9 Å². The number of aromatic amines is 3. The number of imidazole rings is 1. The summed E-state index contributed by atoms with van der Waals surface area (Å²) >= 11 is 0. The minimum Gasteiger partial charge on any atom is -0.542 e. The quantitative estimate of drug-likeness (QED) is 0.455. The van der Waals surface area contributed by atoms with Crippen LogP contribution in [0.4, 0.5) is 0 Å². The monoisotopic (exact) mass is 195 g/mol. The Kier molecular flexibility index (Phi) is 1.50. The van der Waals surface area contributed by atoms with Crippen LogP contribution in [0.15, 0.2) is 9.59 Å². The number of H-pyrrole nitrogens is 3. The smallest absolute Gasteiger partial charge is 0.327 e. The van der Waals surface area contributed by atoms with Gasteiger partial charge >= 0.3 is 5.69 Å². The van der Waals surface area contributed by atoms with Crippen LogP contribution in [0.3, 0.4) is 0 Å². The molecule has 72 valence electrons. The molecule has 2 heterocycles. The molecule has 2 rings (SSSR count). The van der Waals surface area contributed by atoms with Crippen molar-refractivity contribution in [1.29, 1.82) is 0 Å². The van der Waals surface area contributed by atoms with Crippen LogP contribution in [0.1, 0.15) is 10.6 Å². The highest BCUT2D eigenvalue weighted by atomic mass is 16.4. The van der Waals surface area contributed by atoms with Crippen molar-refractivity contribution in [3.8, 4) is 0 Å². The molecule has 0 bridgehead atoms. The van der Waals surface area contributed by atoms with Crippen molar-refractivity contribution >= 4 is 17.1 Å². The number of carboxylic acids is 1. The summed E-state index contributed by atoms with van der Waals surface area (Å²) in [5.74, 6) is -2.06. The Bertz CT molecular complexity index is 619. The van der Waals surface area contributed by atoms with Gasteiger partial charge in [-0.1, -0.05) is 0 Å². The van der Waals surface area contributed by atoms with Gasteiger partial charge in [-0.3, -0.25) is 14.8 Å². The van der Waals surface area contributed by atoms with Gasteiger partial charge in [0.15, 0.2) is 11.5 Å². The molecule has 8 nitrogen and oxygen atoms in total. The highest BCUT2D eigenvalue weighted by molar-refractivity contribution is 5.85. The summed E-state index contributed by atoms with van der Waals surface area (Å²) in [7, 11) is 0. The summed E-state index contributed by atoms with van der Waals surface area (Å²) in [5, 5.41) is 10.4. The van der Waals surface area contributed by atoms with Crippen molar-refractivity contribution in [2.75, 3.05) is 0 Å². The first kappa shape index (κ1) is 8.23. The Hall–Kier alpha value is -2.38. The lowest BCUT2D eigenvalue weighted by molar-refractivity contribution is -0.255. The minimum absolute atomic E-state index is 0.108. The molecular formula is C6H3N4O4-. The Morgan fingerprint density at radius 2 is 1.93 bits per heavy atom. The lowest BCUT2D eigenvalue weighted by Crippen LogP contribution is -2.23. The van der Waals surface area contributed by atoms with E-state index < -0.39 is 23.0 Å². The molecule has 0 saturated carbocycles. The summed E-state index contributed by atoms with van der Waals surface area (Å²) in [4.78, 5) is 41.9. The van der Waals surface area contributed by atoms with E-state index in [0.717, 1.165) is 0 Å². The average molecular weight is 195 g/mol. The topological polar surface area (TPSA) is 135 Å². The van der Waals surface area contributed by atoms with Crippen LogP contribution in [0.2, 0.25) is 0 Å². The van der Waals surface area contributed by atoms with Crippen LogP contribution in [0, 0.1) is 0 Å². The Morgan fingerprint density at radius 3 is 2.57 bits per heavy atom. The van der Waals surface area contributed by atoms with E-state index in [9.17, 15) is 19.5 Å². The van der Waals surface area contributed by atoms with Gasteiger partial charge in [-0.2, -0.15) is 0 Å². The second-order valence-electron chi connectivity index (χ2n) is 2.50. The average Bonchev–Trinajstić information content (AvgIpc) is 2.47. The highest BCUT2D eigenvalue weighted by Gasteiger charge is 2.07. The molecule has 0 fully saturated rings. The van der Waals surface area contributed by atoms with E-state index in [1.54, 1.807) is 0 Å². The molecule has 0 aliphatic rings. The first-order valence-electron chi connectivity index (χ1n) is 3.51. The van der Waals surface area contributed by atoms with E-state index in [1.807, 2.05) is 4.98 Å². The molecule has 14 heavy (non-hydrogen) atoms. The maximum absolute atomic E-state index is 11.1. The van der Waals surface area contributed by atoms with Gasteiger partial charge < -0.3 is 14.9 Å². The number of nitrogens with zero attached hydrogens (tertiary/aromatic N) is 1. The SMILES string of the molecule is O=C([O-])c1nc2[nH]c(=O)[nH]c(=O)c2[nH]1. The fourth-order valence-corrected chi connectivity index (χ4v) is 1.03. The van der Waals surface area contributed by atoms with Crippen LogP contribution in [-0.4, -0.2) is 25.9 Å². The summed E-state index contributed by atoms with van der Waals surface area (Å²) in [6.45, 7) is 0. The van der Waals surface area contributed by atoms with Gasteiger partial charge in [0.25, 0.3) is 5.56 Å². The number of nitrogens with one attached hydrogen (secondary N) is 3. The summed E-state index contributed by atoms with van der Waals surface area (Å²) in [5.41, 5.74) is -1.70. The predicted octanol–water partition coefficient (Wildman–Crippen LogP) is -2.70. The van der Waals surface area contributed by atoms with Crippen molar-refractivity contribution in [2.45, 2.75) is 0 Å². The van der Waals surface area contributed by atoms with Crippen LogP contribution in [0.5, 0.6) is 0 Å². The Labute approximate surface area is 74.6 Å². The second-order valence-corrected chi connectivity index (χ2v) is 2.50. The van der Waals surface area contributed by atoms with Crippen molar-refractivity contribution in [2.24, 2.45) is 0 Å². The normalized spacial score (nSPS) is 10.6. The molecule has 3 N–H and O–H groups in total. The minimum atomic E-state index is -1.55. The van der Waals surface area contributed by atoms with Crippen LogP contribution >= 0.6 is 0 Å². The van der Waals surface area contributed by atoms with Crippen LogP contribution in [-0.2, 0) is 0 Å². The molecule has 2 aromatic rings. The van der Waals surface area contributed by atoms with E-state index in [1.165, 1.54) is 0 Å². The number of aromatic carboxylic acids is 1. The molecular weight excluding hydrogens is 192 g/mol. The molecule has 0 atom stereocenters. The maximum Gasteiger partial charge on any atom is 0.327 e. The molecule has 8 heteroatoms. The molecule has 0 aromatic carbocycles. The maximum atomic E-state index is 11.1. The third-order valence-corrected chi connectivity index (χ3v) is 1.58. The molecule has 0 aliphatic carbocycles. The second kappa shape index (κ2) is 2.55. The number of carbonyl (C=O) groups is 1. The number of aromatic nitrogens is 4. The van der Waals surface area contributed by atoms with Gasteiger partial charge in [0, 0.05) is 0 Å². The largest absolute Gasteiger partial charge is 0.542 e. The van der Waals surface area contributed by atoms with Gasteiger partial charge in [-0.05, 0) is 0 Å². The highest BCUT2D eigenvalue weighted by Crippen LogP contribution is 1.99. The molecule has 2 aromatic heterocycles. The predicted molar refractivity (Wildman–Crippen MR) is 41.7 cm³/mol. The summed E-state index contributed by atoms with van der Waals surface area (Å²) in [6, 6.07) is 0. The fourth-order valence-electron chi connectivity index (χ4n) is 1.03. The molecule has 0 amide bonds. The third-order valence-electron chi connectivity index (χ3n) is 1.58. The third kappa shape index (κ3) is 1.09. The number of rotatable bonds is 1. The summed E-state index contributed by atoms with van der Waals surface area (Å²) < 4.78 is 0. The number of carboxylic acid groups (broad SMARTS) is 1. The van der Waals surface area contributed by atoms with E-state index in [4.69, 9.17) is 0 Å². The lowest BCUT2D eigenvalue weighted by atomic mass is 10.5. The van der Waals surface area contributed by atoms with Crippen molar-refractivity contribution in [3.63, 3.8) is 0 Å². The van der Waals surface area contributed by atoms with Gasteiger partial charge in [0.1, 0.15) is 11.5 Å². The zero-order valence-corrected chi connectivity index (χ0v) is 6.58. The van der Waals surface area contributed by atoms with Crippen molar-refractivity contribution < 1.29 is 9.90 Å². The van der Waals surface area contributed by atoms with Gasteiger partial charge in [-0.15, -0.1) is 0 Å². The van der Waals surface area contributed by atoms with E-state index in [-0.39, 0.29) is 11.2 Å². The molecule has 0 saturated heterocycles. The van der Waals surface area contributed by atoms with Crippen LogP contribution < -0.4 is 16.4 Å². The Balaban J connectivity index is 2.90. The van der Waals surface area contributed by atoms with Crippen molar-refractivity contribution in [3.05, 3.63) is 26.7 Å². The first-order chi connectivity index (χ1) is 6.58. The summed E-state index contributed by atoms with van der Waals surface area (Å²) in [6.07, 6.45) is 0. The number of fused-ring (bicyclic) bond motifs is 1. The molecule has 0 spiro atoms. The fraction of sp³-hybridized carbons (Fsp3) is 0. The Morgan fingerprint density at radius 1 is 1.21 bits per heavy atom. The number of hydrogen-bond donors (Lipinski definition) is 3. The molecule has 0 unspecified atom stereocenters. The van der Waals surface area contributed by atoms with E-state index in [0.29, 0.717) is 0 Å². The van der Waals surface area contributed by atoms with E-state index in [2.05, 4.69) is 15.0 Å². The van der Waals surface area contributed by atoms with E-state index >= 15 is 0 Å². The standard InChI is InChI=1S/C6H4N4O4/c11-4-1-2(9-6(14)10-4)8-3(7-1)5(12)13/h(H,12,13)(H3,7,8,9,10,11,14)/p-1. The zero-order chi connectivity index (χ0) is 10.3. The van der Waals surface area contributed by atoms with Gasteiger partial charge in [0.05, 0.1) is 0 Å². The zero-order valence-electron chi connectivity index (χ0n) is 6.58. The van der Waals surface area contributed by atoms with Gasteiger partial charge in [-0.25, -0.2) is 9.78 Å². The van der Waals surface area contributed by atoms with Gasteiger partial charge in [0.2, 0.25) is 0 Å². The number of carbonyl (C=O) groups excluding carboxylic acids is 1. The first-order valence-corrected chi connectivity index (χ1v) is 3.51.